The second kappa shape index (κ2) is 7.97. The molecule has 3 rings (SSSR count). The molecule has 5 nitrogen and oxygen atoms in total. The van der Waals surface area contributed by atoms with Crippen molar-refractivity contribution in [1.29, 1.82) is 0 Å². The van der Waals surface area contributed by atoms with Gasteiger partial charge in [0.15, 0.2) is 0 Å². The number of methoxy groups -OCH3 is 1. The highest BCUT2D eigenvalue weighted by molar-refractivity contribution is 6.07. The lowest BCUT2D eigenvalue weighted by Gasteiger charge is -2.13. The molecule has 3 aromatic rings. The van der Waals surface area contributed by atoms with Crippen LogP contribution in [0, 0.1) is 0 Å². The van der Waals surface area contributed by atoms with Crippen molar-refractivity contribution in [3.8, 4) is 17.0 Å². The first-order valence-electron chi connectivity index (χ1n) is 8.55. The third-order valence-corrected chi connectivity index (χ3v) is 4.17. The minimum absolute atomic E-state index is 0.0883. The first-order chi connectivity index (χ1) is 12.6. The van der Waals surface area contributed by atoms with E-state index < -0.39 is 0 Å². The quantitative estimate of drug-likeness (QED) is 0.742. The molecular weight excluding hydrogens is 326 g/mol. The Kier molecular flexibility index (Phi) is 5.49. The van der Waals surface area contributed by atoms with Gasteiger partial charge in [0.05, 0.1) is 23.9 Å². The smallest absolute Gasteiger partial charge is 0.252 e. The van der Waals surface area contributed by atoms with Gasteiger partial charge in [-0.3, -0.25) is 4.79 Å². The molecule has 1 N–H and O–H groups in total. The Hall–Kier alpha value is -2.92. The van der Waals surface area contributed by atoms with Crippen LogP contribution in [0.3, 0.4) is 0 Å². The highest BCUT2D eigenvalue weighted by Gasteiger charge is 2.14. The monoisotopic (exact) mass is 349 g/mol. The van der Waals surface area contributed by atoms with Crippen LogP contribution in [0.2, 0.25) is 0 Å². The Morgan fingerprint density at radius 2 is 1.92 bits per heavy atom. The third-order valence-electron chi connectivity index (χ3n) is 4.17. The average Bonchev–Trinajstić information content (AvgIpc) is 2.66. The summed E-state index contributed by atoms with van der Waals surface area (Å²) >= 11 is 0. The van der Waals surface area contributed by atoms with Crippen LogP contribution >= 0.6 is 0 Å². The zero-order chi connectivity index (χ0) is 18.5. The molecule has 5 heteroatoms. The molecule has 134 valence electrons. The lowest BCUT2D eigenvalue weighted by atomic mass is 10.0. The van der Waals surface area contributed by atoms with E-state index in [1.165, 1.54) is 0 Å². The fourth-order valence-electron chi connectivity index (χ4n) is 2.78. The SMILES string of the molecule is COc1cccc(-c2cc(C(=O)NCCN(C)C)c3ccccc3n2)c1. The van der Waals surface area contributed by atoms with Crippen LogP contribution in [0.1, 0.15) is 10.4 Å². The predicted molar refractivity (Wildman–Crippen MR) is 105 cm³/mol. The van der Waals surface area contributed by atoms with Crippen LogP contribution in [0.4, 0.5) is 0 Å². The molecule has 0 bridgehead atoms. The number of pyridine rings is 1. The molecule has 1 heterocycles. The molecule has 0 aliphatic rings. The van der Waals surface area contributed by atoms with Crippen LogP contribution < -0.4 is 10.1 Å². The third kappa shape index (κ3) is 4.00. The summed E-state index contributed by atoms with van der Waals surface area (Å²) in [5.74, 6) is 0.670. The zero-order valence-corrected chi connectivity index (χ0v) is 15.3. The number of rotatable bonds is 6. The lowest BCUT2D eigenvalue weighted by molar-refractivity contribution is 0.0952. The Morgan fingerprint density at radius 3 is 2.69 bits per heavy atom. The maximum absolute atomic E-state index is 12.8. The largest absolute Gasteiger partial charge is 0.497 e. The number of amides is 1. The fourth-order valence-corrected chi connectivity index (χ4v) is 2.78. The number of hydrogen-bond donors (Lipinski definition) is 1. The van der Waals surface area contributed by atoms with Gasteiger partial charge in [0.25, 0.3) is 5.91 Å². The van der Waals surface area contributed by atoms with E-state index in [-0.39, 0.29) is 5.91 Å². The molecule has 0 aliphatic heterocycles. The van der Waals surface area contributed by atoms with E-state index in [2.05, 4.69) is 5.32 Å². The summed E-state index contributed by atoms with van der Waals surface area (Å²) in [6, 6.07) is 17.2. The number of fused-ring (bicyclic) bond motifs is 1. The number of carbonyl (C=O) groups excluding carboxylic acids is 1. The summed E-state index contributed by atoms with van der Waals surface area (Å²) in [5, 5.41) is 3.84. The van der Waals surface area contributed by atoms with Gasteiger partial charge in [-0.25, -0.2) is 4.98 Å². The van der Waals surface area contributed by atoms with Crippen molar-refractivity contribution in [3.63, 3.8) is 0 Å². The number of ether oxygens (including phenoxy) is 1. The Morgan fingerprint density at radius 1 is 1.12 bits per heavy atom. The second-order valence-corrected chi connectivity index (χ2v) is 6.36. The number of hydrogen-bond acceptors (Lipinski definition) is 4. The van der Waals surface area contributed by atoms with E-state index in [0.717, 1.165) is 34.5 Å². The van der Waals surface area contributed by atoms with Crippen LogP contribution in [0.15, 0.2) is 54.6 Å². The zero-order valence-electron chi connectivity index (χ0n) is 15.3. The molecule has 1 amide bonds. The summed E-state index contributed by atoms with van der Waals surface area (Å²) in [5.41, 5.74) is 3.09. The van der Waals surface area contributed by atoms with E-state index in [9.17, 15) is 4.79 Å². The Bertz CT molecular complexity index is 922. The molecule has 0 fully saturated rings. The van der Waals surface area contributed by atoms with E-state index in [1.807, 2.05) is 73.6 Å². The Balaban J connectivity index is 2.02. The van der Waals surface area contributed by atoms with Crippen LogP contribution in [0.5, 0.6) is 5.75 Å². The summed E-state index contributed by atoms with van der Waals surface area (Å²) in [7, 11) is 5.60. The van der Waals surface area contributed by atoms with Gasteiger partial charge in [0.2, 0.25) is 0 Å². The van der Waals surface area contributed by atoms with Crippen molar-refractivity contribution in [2.24, 2.45) is 0 Å². The van der Waals surface area contributed by atoms with Gasteiger partial charge in [-0.2, -0.15) is 0 Å². The molecule has 0 radical (unpaired) electrons. The van der Waals surface area contributed by atoms with E-state index in [1.54, 1.807) is 7.11 Å². The minimum atomic E-state index is -0.0883. The number of nitrogens with zero attached hydrogens (tertiary/aromatic N) is 2. The van der Waals surface area contributed by atoms with Crippen molar-refractivity contribution in [2.45, 2.75) is 0 Å². The van der Waals surface area contributed by atoms with Crippen molar-refractivity contribution < 1.29 is 9.53 Å². The van der Waals surface area contributed by atoms with Gasteiger partial charge in [0.1, 0.15) is 5.75 Å². The summed E-state index contributed by atoms with van der Waals surface area (Å²) < 4.78 is 5.31. The molecule has 1 aromatic heterocycles. The summed E-state index contributed by atoms with van der Waals surface area (Å²) in [6.45, 7) is 1.38. The van der Waals surface area contributed by atoms with Gasteiger partial charge in [-0.1, -0.05) is 30.3 Å². The summed E-state index contributed by atoms with van der Waals surface area (Å²) in [6.07, 6.45) is 0. The van der Waals surface area contributed by atoms with Gasteiger partial charge < -0.3 is 15.0 Å². The number of para-hydroxylation sites is 1. The number of carbonyl (C=O) groups is 1. The molecule has 0 aliphatic carbocycles. The lowest BCUT2D eigenvalue weighted by Crippen LogP contribution is -2.31. The molecule has 0 unspecified atom stereocenters. The normalized spacial score (nSPS) is 10.9. The molecular formula is C21H23N3O2. The number of likely N-dealkylation sites (N-methyl/N-ethyl adjacent to an activating group) is 1. The topological polar surface area (TPSA) is 54.5 Å². The van der Waals surface area contributed by atoms with Crippen LogP contribution in [-0.4, -0.2) is 50.1 Å². The van der Waals surface area contributed by atoms with E-state index in [0.29, 0.717) is 12.1 Å². The van der Waals surface area contributed by atoms with Crippen molar-refractivity contribution in [3.05, 3.63) is 60.2 Å². The van der Waals surface area contributed by atoms with Gasteiger partial charge in [-0.05, 0) is 38.4 Å². The highest BCUT2D eigenvalue weighted by atomic mass is 16.5. The molecule has 2 aromatic carbocycles. The standard InChI is InChI=1S/C21H23N3O2/c1-24(2)12-11-22-21(25)18-14-20(15-7-6-8-16(13-15)26-3)23-19-10-5-4-9-17(18)19/h4-10,13-14H,11-12H2,1-3H3,(H,22,25). The van der Waals surface area contributed by atoms with E-state index in [4.69, 9.17) is 9.72 Å². The van der Waals surface area contributed by atoms with Crippen molar-refractivity contribution in [2.75, 3.05) is 34.3 Å². The molecule has 0 atom stereocenters. The maximum atomic E-state index is 12.8. The number of benzene rings is 2. The van der Waals surface area contributed by atoms with Crippen LogP contribution in [-0.2, 0) is 0 Å². The minimum Gasteiger partial charge on any atom is -0.497 e. The van der Waals surface area contributed by atoms with Crippen LogP contribution in [0.25, 0.3) is 22.2 Å². The second-order valence-electron chi connectivity index (χ2n) is 6.36. The van der Waals surface area contributed by atoms with Gasteiger partial charge in [0, 0.05) is 24.0 Å². The maximum Gasteiger partial charge on any atom is 0.252 e. The molecule has 0 saturated heterocycles. The van der Waals surface area contributed by atoms with Crippen molar-refractivity contribution in [1.82, 2.24) is 15.2 Å². The molecule has 0 spiro atoms. The number of nitrogens with one attached hydrogen (secondary N) is 1. The van der Waals surface area contributed by atoms with Crippen molar-refractivity contribution >= 4 is 16.8 Å². The van der Waals surface area contributed by atoms with E-state index >= 15 is 0 Å². The summed E-state index contributed by atoms with van der Waals surface area (Å²) in [4.78, 5) is 19.5. The first-order valence-corrected chi connectivity index (χ1v) is 8.55. The molecule has 0 saturated carbocycles. The first kappa shape index (κ1) is 17.9. The number of aromatic nitrogens is 1. The highest BCUT2D eigenvalue weighted by Crippen LogP contribution is 2.27. The average molecular weight is 349 g/mol. The Labute approximate surface area is 153 Å². The molecule has 26 heavy (non-hydrogen) atoms. The van der Waals surface area contributed by atoms with Gasteiger partial charge in [-0.15, -0.1) is 0 Å². The fraction of sp³-hybridized carbons (Fsp3) is 0.238. The predicted octanol–water partition coefficient (Wildman–Crippen LogP) is 3.20. The van der Waals surface area contributed by atoms with Gasteiger partial charge >= 0.3 is 0 Å².